The Hall–Kier alpha value is -1.07. The summed E-state index contributed by atoms with van der Waals surface area (Å²) in [6, 6.07) is 7.41. The first-order valence-electron chi connectivity index (χ1n) is 8.75. The topological polar surface area (TPSA) is 46.6 Å². The van der Waals surface area contributed by atoms with E-state index in [0.717, 1.165) is 43.8 Å². The normalized spacial score (nSPS) is 21.5. The molecule has 2 aliphatic heterocycles. The van der Waals surface area contributed by atoms with E-state index < -0.39 is 9.84 Å². The summed E-state index contributed by atoms with van der Waals surface area (Å²) < 4.78 is 29.2. The molecule has 1 aromatic carbocycles. The third kappa shape index (κ3) is 3.89. The summed E-state index contributed by atoms with van der Waals surface area (Å²) in [5, 5.41) is 0. The van der Waals surface area contributed by atoms with E-state index in [1.807, 2.05) is 12.1 Å². The lowest BCUT2D eigenvalue weighted by Crippen LogP contribution is -2.37. The van der Waals surface area contributed by atoms with Crippen molar-refractivity contribution in [3.05, 3.63) is 24.3 Å². The van der Waals surface area contributed by atoms with Crippen LogP contribution in [0, 0.1) is 11.8 Å². The van der Waals surface area contributed by atoms with Crippen LogP contribution in [0.2, 0.25) is 0 Å². The lowest BCUT2D eigenvalue weighted by Gasteiger charge is -2.38. The van der Waals surface area contributed by atoms with Crippen LogP contribution in [0.15, 0.2) is 29.2 Å². The van der Waals surface area contributed by atoms with Gasteiger partial charge in [-0.1, -0.05) is 6.92 Å². The third-order valence-corrected chi connectivity index (χ3v) is 7.16. The van der Waals surface area contributed by atoms with Crippen LogP contribution in [-0.4, -0.2) is 40.5 Å². The van der Waals surface area contributed by atoms with Gasteiger partial charge in [0.2, 0.25) is 0 Å². The lowest BCUT2D eigenvalue weighted by atomic mass is 9.80. The minimum absolute atomic E-state index is 0.156. The highest BCUT2D eigenvalue weighted by Crippen LogP contribution is 2.33. The van der Waals surface area contributed by atoms with Crippen LogP contribution in [0.5, 0.6) is 0 Å². The molecular formula is C18H27NO3S. The first kappa shape index (κ1) is 16.8. The van der Waals surface area contributed by atoms with E-state index in [1.165, 1.54) is 25.7 Å². The minimum atomic E-state index is -3.10. The molecule has 0 unspecified atom stereocenters. The van der Waals surface area contributed by atoms with Gasteiger partial charge in [-0.2, -0.15) is 0 Å². The fraction of sp³-hybridized carbons (Fsp3) is 0.667. The molecule has 2 fully saturated rings. The van der Waals surface area contributed by atoms with Crippen LogP contribution in [0.3, 0.4) is 0 Å². The summed E-state index contributed by atoms with van der Waals surface area (Å²) >= 11 is 0. The van der Waals surface area contributed by atoms with Crippen LogP contribution in [0.4, 0.5) is 5.69 Å². The Morgan fingerprint density at radius 1 is 1.00 bits per heavy atom. The van der Waals surface area contributed by atoms with Crippen molar-refractivity contribution in [2.24, 2.45) is 11.8 Å². The molecule has 0 N–H and O–H groups in total. The van der Waals surface area contributed by atoms with Crippen molar-refractivity contribution in [1.82, 2.24) is 0 Å². The van der Waals surface area contributed by atoms with Crippen molar-refractivity contribution in [3.8, 4) is 0 Å². The standard InChI is InChI=1S/C18H27NO3S/c1-2-23(20,21)18-5-3-17(4-6-18)19-11-7-15(8-12-19)16-9-13-22-14-10-16/h3-6,15-16H,2,7-14H2,1H3. The molecule has 0 amide bonds. The van der Waals surface area contributed by atoms with E-state index in [4.69, 9.17) is 4.74 Å². The number of nitrogens with zero attached hydrogens (tertiary/aromatic N) is 1. The Morgan fingerprint density at radius 2 is 1.57 bits per heavy atom. The molecule has 0 aromatic heterocycles. The van der Waals surface area contributed by atoms with Crippen LogP contribution < -0.4 is 4.90 Å². The van der Waals surface area contributed by atoms with Crippen LogP contribution in [0.25, 0.3) is 0 Å². The third-order valence-electron chi connectivity index (χ3n) is 5.41. The number of piperidine rings is 1. The Balaban J connectivity index is 1.59. The highest BCUT2D eigenvalue weighted by Gasteiger charge is 2.28. The molecule has 1 aromatic rings. The number of ether oxygens (including phenoxy) is 1. The van der Waals surface area contributed by atoms with Crippen LogP contribution in [0.1, 0.15) is 32.6 Å². The molecular weight excluding hydrogens is 310 g/mol. The van der Waals surface area contributed by atoms with E-state index in [2.05, 4.69) is 4.90 Å². The van der Waals surface area contributed by atoms with Gasteiger partial charge in [-0.25, -0.2) is 8.42 Å². The first-order valence-corrected chi connectivity index (χ1v) is 10.4. The average molecular weight is 337 g/mol. The van der Waals surface area contributed by atoms with Crippen LogP contribution in [-0.2, 0) is 14.6 Å². The van der Waals surface area contributed by atoms with E-state index in [-0.39, 0.29) is 5.75 Å². The van der Waals surface area contributed by atoms with Gasteiger partial charge in [0.05, 0.1) is 10.6 Å². The molecule has 0 atom stereocenters. The maximum atomic E-state index is 11.9. The average Bonchev–Trinajstić information content (AvgIpc) is 2.63. The molecule has 4 nitrogen and oxygen atoms in total. The Labute approximate surface area is 139 Å². The Morgan fingerprint density at radius 3 is 2.13 bits per heavy atom. The number of hydrogen-bond donors (Lipinski definition) is 0. The van der Waals surface area contributed by atoms with Crippen molar-refractivity contribution in [2.75, 3.05) is 37.0 Å². The Kier molecular flexibility index (Phi) is 5.27. The second kappa shape index (κ2) is 7.22. The highest BCUT2D eigenvalue weighted by atomic mass is 32.2. The monoisotopic (exact) mass is 337 g/mol. The van der Waals surface area contributed by atoms with Crippen molar-refractivity contribution < 1.29 is 13.2 Å². The van der Waals surface area contributed by atoms with Gasteiger partial charge in [0.15, 0.2) is 9.84 Å². The molecule has 0 spiro atoms. The molecule has 23 heavy (non-hydrogen) atoms. The van der Waals surface area contributed by atoms with Gasteiger partial charge in [0, 0.05) is 32.0 Å². The molecule has 128 valence electrons. The fourth-order valence-corrected chi connectivity index (χ4v) is 4.73. The van der Waals surface area contributed by atoms with Gasteiger partial charge in [-0.15, -0.1) is 0 Å². The predicted molar refractivity (Wildman–Crippen MR) is 92.6 cm³/mol. The summed E-state index contributed by atoms with van der Waals surface area (Å²) in [6.07, 6.45) is 4.90. The summed E-state index contributed by atoms with van der Waals surface area (Å²) in [6.45, 7) is 5.69. The van der Waals surface area contributed by atoms with E-state index in [0.29, 0.717) is 4.90 Å². The Bertz CT molecular complexity index is 598. The van der Waals surface area contributed by atoms with Crippen molar-refractivity contribution in [1.29, 1.82) is 0 Å². The van der Waals surface area contributed by atoms with Crippen molar-refractivity contribution >= 4 is 15.5 Å². The van der Waals surface area contributed by atoms with Gasteiger partial charge in [0.25, 0.3) is 0 Å². The molecule has 0 saturated carbocycles. The lowest BCUT2D eigenvalue weighted by molar-refractivity contribution is 0.0419. The predicted octanol–water partition coefficient (Wildman–Crippen LogP) is 3.12. The van der Waals surface area contributed by atoms with Crippen molar-refractivity contribution in [2.45, 2.75) is 37.5 Å². The number of hydrogen-bond acceptors (Lipinski definition) is 4. The number of sulfone groups is 1. The number of benzene rings is 1. The van der Waals surface area contributed by atoms with Gasteiger partial charge < -0.3 is 9.64 Å². The second-order valence-corrected chi connectivity index (χ2v) is 8.95. The summed E-state index contributed by atoms with van der Waals surface area (Å²) in [5.74, 6) is 1.82. The molecule has 0 aliphatic carbocycles. The summed E-state index contributed by atoms with van der Waals surface area (Å²) in [5.41, 5.74) is 1.14. The van der Waals surface area contributed by atoms with Crippen LogP contribution >= 0.6 is 0 Å². The SMILES string of the molecule is CCS(=O)(=O)c1ccc(N2CCC(C3CCOCC3)CC2)cc1. The molecule has 5 heteroatoms. The molecule has 2 aliphatic rings. The molecule has 0 radical (unpaired) electrons. The van der Waals surface area contributed by atoms with Gasteiger partial charge in [0.1, 0.15) is 0 Å². The quantitative estimate of drug-likeness (QED) is 0.847. The molecule has 0 bridgehead atoms. The maximum absolute atomic E-state index is 11.9. The fourth-order valence-electron chi connectivity index (χ4n) is 3.85. The largest absolute Gasteiger partial charge is 0.381 e. The van der Waals surface area contributed by atoms with Gasteiger partial charge >= 0.3 is 0 Å². The highest BCUT2D eigenvalue weighted by molar-refractivity contribution is 7.91. The second-order valence-electron chi connectivity index (χ2n) is 6.67. The zero-order valence-corrected chi connectivity index (χ0v) is 14.7. The van der Waals surface area contributed by atoms with E-state index >= 15 is 0 Å². The smallest absolute Gasteiger partial charge is 0.178 e. The van der Waals surface area contributed by atoms with Gasteiger partial charge in [-0.3, -0.25) is 0 Å². The molecule has 2 saturated heterocycles. The minimum Gasteiger partial charge on any atom is -0.381 e. The maximum Gasteiger partial charge on any atom is 0.178 e. The molecule has 3 rings (SSSR count). The summed E-state index contributed by atoms with van der Waals surface area (Å²) in [7, 11) is -3.10. The van der Waals surface area contributed by atoms with Crippen molar-refractivity contribution in [3.63, 3.8) is 0 Å². The zero-order valence-electron chi connectivity index (χ0n) is 13.9. The van der Waals surface area contributed by atoms with E-state index in [9.17, 15) is 8.42 Å². The van der Waals surface area contributed by atoms with E-state index in [1.54, 1.807) is 19.1 Å². The summed E-state index contributed by atoms with van der Waals surface area (Å²) in [4.78, 5) is 2.82. The zero-order chi connectivity index (χ0) is 16.3. The van der Waals surface area contributed by atoms with Gasteiger partial charge in [-0.05, 0) is 61.8 Å². The number of rotatable bonds is 4. The number of anilines is 1. The first-order chi connectivity index (χ1) is 11.1. The molecule has 2 heterocycles.